The predicted molar refractivity (Wildman–Crippen MR) is 52.8 cm³/mol. The van der Waals surface area contributed by atoms with Crippen molar-refractivity contribution in [2.75, 3.05) is 0 Å². The van der Waals surface area contributed by atoms with Gasteiger partial charge in [-0.1, -0.05) is 28.7 Å². The molecule has 74 valence electrons. The number of Topliss-reactive ketones (excluding diaryl/α,β-unsaturated/α-hetero) is 1. The molecule has 0 heterocycles. The topological polar surface area (TPSA) is 72.2 Å². The van der Waals surface area contributed by atoms with Gasteiger partial charge in [0.05, 0.1) is 6.04 Å². The summed E-state index contributed by atoms with van der Waals surface area (Å²) in [7, 11) is 2.26. The second-order valence-electron chi connectivity index (χ2n) is 3.48. The van der Waals surface area contributed by atoms with E-state index in [1.54, 1.807) is 0 Å². The first-order valence-corrected chi connectivity index (χ1v) is 5.02. The van der Waals surface area contributed by atoms with Gasteiger partial charge in [-0.15, -0.1) is 0 Å². The maximum Gasteiger partial charge on any atom is 0.286 e. The van der Waals surface area contributed by atoms with E-state index in [-0.39, 0.29) is 0 Å². The second kappa shape index (κ2) is 4.68. The molecule has 3 N–H and O–H groups in total. The normalized spacial score (nSPS) is 19.2. The first-order chi connectivity index (χ1) is 6.15. The Kier molecular flexibility index (Phi) is 3.82. The quantitative estimate of drug-likeness (QED) is 0.486. The van der Waals surface area contributed by atoms with Gasteiger partial charge in [-0.05, 0) is 12.3 Å². The Morgan fingerprint density at radius 1 is 1.54 bits per heavy atom. The molecule has 0 aromatic heterocycles. The summed E-state index contributed by atoms with van der Waals surface area (Å²) in [6.07, 6.45) is 4.29. The Morgan fingerprint density at radius 2 is 2.15 bits per heavy atom. The van der Waals surface area contributed by atoms with E-state index >= 15 is 0 Å². The van der Waals surface area contributed by atoms with Crippen molar-refractivity contribution >= 4 is 21.1 Å². The average Bonchev–Trinajstić information content (AvgIpc) is 2.02. The number of carbonyl (C=O) groups is 2. The van der Waals surface area contributed by atoms with Crippen molar-refractivity contribution in [3.63, 3.8) is 0 Å². The molecule has 1 rings (SSSR count). The number of primary amides is 1. The van der Waals surface area contributed by atoms with Crippen LogP contribution in [0.2, 0.25) is 0 Å². The summed E-state index contributed by atoms with van der Waals surface area (Å²) in [5.41, 5.74) is 4.91. The van der Waals surface area contributed by atoms with E-state index in [1.165, 1.54) is 6.42 Å². The van der Waals surface area contributed by atoms with Gasteiger partial charge in [0.15, 0.2) is 0 Å². The van der Waals surface area contributed by atoms with Gasteiger partial charge < -0.3 is 5.73 Å². The Labute approximate surface area is 79.9 Å². The van der Waals surface area contributed by atoms with Crippen LogP contribution in [0.4, 0.5) is 0 Å². The lowest BCUT2D eigenvalue weighted by Gasteiger charge is -2.28. The van der Waals surface area contributed by atoms with Gasteiger partial charge in [0.25, 0.3) is 5.91 Å². The zero-order chi connectivity index (χ0) is 9.84. The van der Waals surface area contributed by atoms with Gasteiger partial charge in [-0.2, -0.15) is 0 Å². The monoisotopic (exact) mass is 202 g/mol. The van der Waals surface area contributed by atoms with Gasteiger partial charge in [0, 0.05) is 0 Å². The Balaban J connectivity index is 2.41. The molecule has 5 heteroatoms. The van der Waals surface area contributed by atoms with Crippen molar-refractivity contribution < 1.29 is 9.59 Å². The zero-order valence-electron chi connectivity index (χ0n) is 7.45. The van der Waals surface area contributed by atoms with Crippen LogP contribution in [-0.2, 0) is 9.59 Å². The Morgan fingerprint density at radius 3 is 2.46 bits per heavy atom. The number of carbonyl (C=O) groups excluding carboxylic acids is 2. The van der Waals surface area contributed by atoms with Crippen LogP contribution in [-0.4, -0.2) is 17.7 Å². The lowest BCUT2D eigenvalue weighted by atomic mass is 9.80. The number of rotatable bonds is 5. The van der Waals surface area contributed by atoms with Gasteiger partial charge >= 0.3 is 0 Å². The van der Waals surface area contributed by atoms with Crippen molar-refractivity contribution in [2.24, 2.45) is 11.7 Å². The second-order valence-corrected chi connectivity index (χ2v) is 3.81. The number of hydrogen-bond donors (Lipinski definition) is 2. The summed E-state index contributed by atoms with van der Waals surface area (Å²) < 4.78 is 0. The van der Waals surface area contributed by atoms with E-state index in [9.17, 15) is 9.59 Å². The molecule has 1 aliphatic carbocycles. The van der Waals surface area contributed by atoms with Crippen molar-refractivity contribution in [1.29, 1.82) is 0 Å². The summed E-state index contributed by atoms with van der Waals surface area (Å²) in [5, 5.41) is 2.75. The molecule has 1 aliphatic rings. The molecule has 2 unspecified atom stereocenters. The highest BCUT2D eigenvalue weighted by molar-refractivity contribution is 7.13. The number of nitrogens with two attached hydrogens (primary N) is 1. The maximum absolute atomic E-state index is 11.2. The summed E-state index contributed by atoms with van der Waals surface area (Å²) >= 11 is 0. The van der Waals surface area contributed by atoms with E-state index in [4.69, 9.17) is 5.73 Å². The molecule has 2 atom stereocenters. The lowest BCUT2D eigenvalue weighted by molar-refractivity contribution is -0.137. The van der Waals surface area contributed by atoms with E-state index in [0.29, 0.717) is 5.92 Å². The molecule has 0 saturated heterocycles. The molecular formula is C8H15N2O2P. The lowest BCUT2D eigenvalue weighted by Crippen LogP contribution is -2.41. The van der Waals surface area contributed by atoms with Crippen LogP contribution in [0.5, 0.6) is 0 Å². The van der Waals surface area contributed by atoms with Gasteiger partial charge in [0.1, 0.15) is 0 Å². The van der Waals surface area contributed by atoms with E-state index in [2.05, 4.69) is 14.5 Å². The average molecular weight is 202 g/mol. The fourth-order valence-corrected chi connectivity index (χ4v) is 1.77. The van der Waals surface area contributed by atoms with Crippen molar-refractivity contribution in [3.05, 3.63) is 0 Å². The van der Waals surface area contributed by atoms with Crippen molar-refractivity contribution in [1.82, 2.24) is 5.09 Å². The van der Waals surface area contributed by atoms with Crippen LogP contribution < -0.4 is 10.8 Å². The largest absolute Gasteiger partial charge is 0.363 e. The molecule has 1 amide bonds. The van der Waals surface area contributed by atoms with Gasteiger partial charge in [0.2, 0.25) is 5.78 Å². The number of hydrogen-bond acceptors (Lipinski definition) is 3. The van der Waals surface area contributed by atoms with Crippen LogP contribution in [0.15, 0.2) is 0 Å². The Hall–Kier alpha value is -0.470. The molecule has 0 aliphatic heterocycles. The fourth-order valence-electron chi connectivity index (χ4n) is 1.48. The number of amides is 1. The van der Waals surface area contributed by atoms with E-state index in [0.717, 1.165) is 19.3 Å². The van der Waals surface area contributed by atoms with Crippen molar-refractivity contribution in [3.8, 4) is 0 Å². The third-order valence-electron chi connectivity index (χ3n) is 2.55. The number of nitrogens with one attached hydrogen (secondary N) is 1. The minimum atomic E-state index is -0.848. The maximum atomic E-state index is 11.2. The Bertz CT molecular complexity index is 216. The third-order valence-corrected chi connectivity index (χ3v) is 2.96. The van der Waals surface area contributed by atoms with Crippen molar-refractivity contribution in [2.45, 2.75) is 31.7 Å². The van der Waals surface area contributed by atoms with Gasteiger partial charge in [-0.3, -0.25) is 14.7 Å². The smallest absolute Gasteiger partial charge is 0.286 e. The van der Waals surface area contributed by atoms with Crippen LogP contribution in [0.1, 0.15) is 25.7 Å². The highest BCUT2D eigenvalue weighted by atomic mass is 31.0. The third kappa shape index (κ3) is 2.75. The minimum absolute atomic E-state index is 0.409. The van der Waals surface area contributed by atoms with Crippen LogP contribution >= 0.6 is 9.39 Å². The zero-order valence-corrected chi connectivity index (χ0v) is 8.61. The molecule has 0 aromatic carbocycles. The first-order valence-electron chi connectivity index (χ1n) is 4.45. The van der Waals surface area contributed by atoms with Crippen LogP contribution in [0.3, 0.4) is 0 Å². The summed E-state index contributed by atoms with van der Waals surface area (Å²) in [5.74, 6) is -0.775. The summed E-state index contributed by atoms with van der Waals surface area (Å²) in [6.45, 7) is 0. The standard InChI is InChI=1S/C8H15N2O2P/c9-8(12)7(11)6(10-13)4-5-2-1-3-5/h5-6,10H,1-4,13H2,(H2,9,12). The molecule has 0 spiro atoms. The van der Waals surface area contributed by atoms with E-state index < -0.39 is 17.7 Å². The first kappa shape index (κ1) is 10.6. The molecule has 13 heavy (non-hydrogen) atoms. The predicted octanol–water partition coefficient (Wildman–Crippen LogP) is -0.0207. The highest BCUT2D eigenvalue weighted by Gasteiger charge is 2.27. The SMILES string of the molecule is NC(=O)C(=O)C(CC1CCC1)NP. The molecule has 4 nitrogen and oxygen atoms in total. The molecule has 0 radical (unpaired) electrons. The molecule has 0 aromatic rings. The fraction of sp³-hybridized carbons (Fsp3) is 0.750. The van der Waals surface area contributed by atoms with Crippen LogP contribution in [0.25, 0.3) is 0 Å². The number of ketones is 1. The minimum Gasteiger partial charge on any atom is -0.363 e. The molecule has 0 bridgehead atoms. The van der Waals surface area contributed by atoms with E-state index in [1.807, 2.05) is 0 Å². The molecule has 1 fully saturated rings. The molecular weight excluding hydrogens is 187 g/mol. The molecule has 1 saturated carbocycles. The summed E-state index contributed by atoms with van der Waals surface area (Å²) in [6, 6.07) is -0.409. The summed E-state index contributed by atoms with van der Waals surface area (Å²) in [4.78, 5) is 21.8. The van der Waals surface area contributed by atoms with Crippen LogP contribution in [0, 0.1) is 5.92 Å². The highest BCUT2D eigenvalue weighted by Crippen LogP contribution is 2.30. The van der Waals surface area contributed by atoms with Gasteiger partial charge in [-0.25, -0.2) is 0 Å².